The van der Waals surface area contributed by atoms with Crippen LogP contribution in [0.25, 0.3) is 10.8 Å². The minimum atomic E-state index is -0.605. The summed E-state index contributed by atoms with van der Waals surface area (Å²) in [6.45, 7) is 8.15. The molecule has 4 aromatic rings. The molecule has 2 atom stereocenters. The number of hydrogen-bond acceptors (Lipinski definition) is 6. The van der Waals surface area contributed by atoms with Gasteiger partial charge in [-0.05, 0) is 67.9 Å². The number of aromatic nitrogens is 3. The van der Waals surface area contributed by atoms with Gasteiger partial charge >= 0.3 is 0 Å². The predicted octanol–water partition coefficient (Wildman–Crippen LogP) is 5.68. The highest BCUT2D eigenvalue weighted by atomic mass is 19.1. The van der Waals surface area contributed by atoms with Gasteiger partial charge in [0.25, 0.3) is 5.56 Å². The second-order valence-corrected chi connectivity index (χ2v) is 9.75. The van der Waals surface area contributed by atoms with Crippen LogP contribution in [0.15, 0.2) is 96.3 Å². The Bertz CT molecular complexity index is 1550. The van der Waals surface area contributed by atoms with E-state index in [2.05, 4.69) is 83.2 Å². The summed E-state index contributed by atoms with van der Waals surface area (Å²) < 4.78 is 11.4. The van der Waals surface area contributed by atoms with Gasteiger partial charge in [-0.25, -0.2) is 9.49 Å². The molecule has 2 N–H and O–H groups in total. The average molecular weight is 526 g/mol. The second-order valence-electron chi connectivity index (χ2n) is 9.75. The molecule has 7 nitrogen and oxygen atoms in total. The molecular formula is C31H32FN5O2. The number of aldehydes is 1. The van der Waals surface area contributed by atoms with Crippen LogP contribution in [0.2, 0.25) is 0 Å². The van der Waals surface area contributed by atoms with Crippen molar-refractivity contribution < 1.29 is 9.18 Å². The molecule has 0 fully saturated rings. The molecule has 0 amide bonds. The van der Waals surface area contributed by atoms with E-state index < -0.39 is 5.83 Å². The fourth-order valence-electron chi connectivity index (χ4n) is 4.68. The average Bonchev–Trinajstić information content (AvgIpc) is 2.94. The van der Waals surface area contributed by atoms with Gasteiger partial charge in [0.05, 0.1) is 23.0 Å². The van der Waals surface area contributed by atoms with Crippen LogP contribution < -0.4 is 10.9 Å². The number of rotatable bonds is 7. The molecule has 0 radical (unpaired) electrons. The van der Waals surface area contributed by atoms with Crippen LogP contribution in [0.4, 0.5) is 10.1 Å². The predicted molar refractivity (Wildman–Crippen MR) is 153 cm³/mol. The van der Waals surface area contributed by atoms with Crippen molar-refractivity contribution in [2.24, 2.45) is 0 Å². The van der Waals surface area contributed by atoms with Crippen molar-refractivity contribution in [2.45, 2.75) is 38.4 Å². The first kappa shape index (κ1) is 27.6. The number of anilines is 1. The van der Waals surface area contributed by atoms with Gasteiger partial charge in [-0.1, -0.05) is 43.0 Å². The summed E-state index contributed by atoms with van der Waals surface area (Å²) >= 11 is 0. The Kier molecular flexibility index (Phi) is 8.78. The Morgan fingerprint density at radius 3 is 2.59 bits per heavy atom. The van der Waals surface area contributed by atoms with Crippen molar-refractivity contribution >= 4 is 22.7 Å². The van der Waals surface area contributed by atoms with Crippen molar-refractivity contribution in [2.75, 3.05) is 12.4 Å². The number of pyridine rings is 1. The fourth-order valence-corrected chi connectivity index (χ4v) is 4.68. The quantitative estimate of drug-likeness (QED) is 0.183. The number of nitrogens with zero attached hydrogens (tertiary/aromatic N) is 3. The molecule has 2 unspecified atom stereocenters. The minimum Gasteiger partial charge on any atom is -0.377 e. The third kappa shape index (κ3) is 6.35. The molecule has 0 spiro atoms. The lowest BCUT2D eigenvalue weighted by Gasteiger charge is -2.34. The van der Waals surface area contributed by atoms with Crippen LogP contribution in [0.1, 0.15) is 48.2 Å². The molecule has 0 saturated carbocycles. The topological polar surface area (TPSA) is 91.0 Å². The largest absolute Gasteiger partial charge is 0.377 e. The van der Waals surface area contributed by atoms with Crippen LogP contribution in [0.5, 0.6) is 0 Å². The van der Waals surface area contributed by atoms with E-state index in [4.69, 9.17) is 0 Å². The normalized spacial score (nSPS) is 16.2. The van der Waals surface area contributed by atoms with Crippen molar-refractivity contribution in [1.29, 1.82) is 0 Å². The van der Waals surface area contributed by atoms with Crippen molar-refractivity contribution in [3.63, 3.8) is 0 Å². The number of halogens is 1. The summed E-state index contributed by atoms with van der Waals surface area (Å²) in [5.74, 6) is -0.676. The molecule has 3 heterocycles. The second kappa shape index (κ2) is 12.4. The number of nitrogens with one attached hydrogen (secondary N) is 2. The lowest BCUT2D eigenvalue weighted by Crippen LogP contribution is -2.28. The van der Waals surface area contributed by atoms with Crippen molar-refractivity contribution in [1.82, 2.24) is 20.1 Å². The zero-order chi connectivity index (χ0) is 27.9. The van der Waals surface area contributed by atoms with E-state index in [-0.39, 0.29) is 17.5 Å². The minimum absolute atomic E-state index is 0.0571. The van der Waals surface area contributed by atoms with E-state index in [0.717, 1.165) is 46.6 Å². The van der Waals surface area contributed by atoms with E-state index in [0.29, 0.717) is 17.7 Å². The summed E-state index contributed by atoms with van der Waals surface area (Å²) in [5, 5.41) is 12.6. The first-order valence-corrected chi connectivity index (χ1v) is 12.7. The summed E-state index contributed by atoms with van der Waals surface area (Å²) in [4.78, 5) is 28.6. The smallest absolute Gasteiger partial charge is 0.272 e. The molecule has 1 aliphatic heterocycles. The van der Waals surface area contributed by atoms with Gasteiger partial charge in [0.2, 0.25) is 0 Å². The van der Waals surface area contributed by atoms with Gasteiger partial charge in [0.15, 0.2) is 0 Å². The number of allylic oxidation sites excluding steroid dienone is 3. The number of hydrogen-bond donors (Lipinski definition) is 2. The first-order valence-electron chi connectivity index (χ1n) is 12.7. The standard InChI is InChI=1S/C26H27N5O.C5H5FO/c1-16(2)31(3)15-17-7-4-8-18(13-17)22-24(19-9-6-12-27-14-19)28-21-11-5-10-20-23(21)25(22)29-30-26(20)32;1-5(6)3-2-4-7/h4-14,16,22,24,28H,15H2,1-3H3,(H,30,32);2-4H,1H2/b;3-2+. The van der Waals surface area contributed by atoms with E-state index in [1.807, 2.05) is 30.5 Å². The monoisotopic (exact) mass is 525 g/mol. The highest BCUT2D eigenvalue weighted by Gasteiger charge is 2.35. The van der Waals surface area contributed by atoms with Crippen LogP contribution in [0, 0.1) is 0 Å². The molecule has 5 rings (SSSR count). The Balaban J connectivity index is 0.000000448. The number of H-pyrrole nitrogens is 1. The first-order chi connectivity index (χ1) is 18.8. The molecule has 2 aromatic carbocycles. The lowest BCUT2D eigenvalue weighted by atomic mass is 9.80. The van der Waals surface area contributed by atoms with E-state index in [1.165, 1.54) is 5.56 Å². The SMILES string of the molecule is C=C(F)/C=C/C=O.CC(C)N(C)Cc1cccc(C2c3n[nH]c(=O)c4cccc(c34)NC2c2cccnc2)c1. The number of carbonyl (C=O) groups excluding carboxylic acids is 1. The van der Waals surface area contributed by atoms with Gasteiger partial charge in [-0.2, -0.15) is 5.10 Å². The molecule has 0 saturated heterocycles. The van der Waals surface area contributed by atoms with Crippen molar-refractivity contribution in [3.05, 3.63) is 124 Å². The van der Waals surface area contributed by atoms with Crippen LogP contribution in [0.3, 0.4) is 0 Å². The molecule has 39 heavy (non-hydrogen) atoms. The fraction of sp³-hybridized carbons (Fsp3) is 0.226. The van der Waals surface area contributed by atoms with Crippen LogP contribution in [-0.4, -0.2) is 39.5 Å². The van der Waals surface area contributed by atoms with Gasteiger partial charge in [-0.3, -0.25) is 19.5 Å². The summed E-state index contributed by atoms with van der Waals surface area (Å²) in [6, 6.07) is 18.9. The third-order valence-corrected chi connectivity index (χ3v) is 6.80. The Morgan fingerprint density at radius 1 is 1.15 bits per heavy atom. The summed E-state index contributed by atoms with van der Waals surface area (Å²) in [7, 11) is 2.14. The molecule has 0 aliphatic carbocycles. The van der Waals surface area contributed by atoms with Gasteiger partial charge < -0.3 is 5.32 Å². The molecule has 200 valence electrons. The maximum absolute atomic E-state index is 12.5. The molecule has 0 bridgehead atoms. The Hall–Kier alpha value is -4.43. The van der Waals surface area contributed by atoms with Crippen molar-refractivity contribution in [3.8, 4) is 0 Å². The van der Waals surface area contributed by atoms with E-state index in [1.54, 1.807) is 6.20 Å². The molecule has 2 aromatic heterocycles. The molecule has 8 heteroatoms. The van der Waals surface area contributed by atoms with E-state index in [9.17, 15) is 14.0 Å². The van der Waals surface area contributed by atoms with Gasteiger partial charge in [-0.15, -0.1) is 0 Å². The highest BCUT2D eigenvalue weighted by Crippen LogP contribution is 2.46. The third-order valence-electron chi connectivity index (χ3n) is 6.80. The maximum Gasteiger partial charge on any atom is 0.272 e. The number of aromatic amines is 1. The number of benzene rings is 2. The Morgan fingerprint density at radius 2 is 1.92 bits per heavy atom. The highest BCUT2D eigenvalue weighted by molar-refractivity contribution is 5.97. The van der Waals surface area contributed by atoms with Crippen LogP contribution >= 0.6 is 0 Å². The summed E-state index contributed by atoms with van der Waals surface area (Å²) in [6.07, 6.45) is 6.21. The molecular weight excluding hydrogens is 493 g/mol. The molecule has 1 aliphatic rings. The maximum atomic E-state index is 12.5. The number of carbonyl (C=O) groups is 1. The lowest BCUT2D eigenvalue weighted by molar-refractivity contribution is -0.104. The van der Waals surface area contributed by atoms with Gasteiger partial charge in [0, 0.05) is 36.1 Å². The van der Waals surface area contributed by atoms with Crippen LogP contribution in [-0.2, 0) is 11.3 Å². The van der Waals surface area contributed by atoms with E-state index >= 15 is 0 Å². The Labute approximate surface area is 227 Å². The van der Waals surface area contributed by atoms with Gasteiger partial charge in [0.1, 0.15) is 12.1 Å². The zero-order valence-corrected chi connectivity index (χ0v) is 22.3. The zero-order valence-electron chi connectivity index (χ0n) is 22.3. The summed E-state index contributed by atoms with van der Waals surface area (Å²) in [5.41, 5.74) is 5.14.